The van der Waals surface area contributed by atoms with E-state index in [9.17, 15) is 9.59 Å². The highest BCUT2D eigenvalue weighted by Crippen LogP contribution is 2.26. The van der Waals surface area contributed by atoms with Crippen LogP contribution in [0.1, 0.15) is 30.1 Å². The van der Waals surface area contributed by atoms with Crippen LogP contribution in [0.5, 0.6) is 0 Å². The summed E-state index contributed by atoms with van der Waals surface area (Å²) >= 11 is 6.08. The molecule has 2 rings (SSSR count). The van der Waals surface area contributed by atoms with Gasteiger partial charge in [-0.2, -0.15) is 0 Å². The number of nitrogens with zero attached hydrogens (tertiary/aromatic N) is 1. The number of hydrogen-bond acceptors (Lipinski definition) is 4. The summed E-state index contributed by atoms with van der Waals surface area (Å²) in [6.45, 7) is 3.22. The number of ether oxygens (including phenoxy) is 1. The molecule has 0 aliphatic carbocycles. The zero-order chi connectivity index (χ0) is 15.4. The summed E-state index contributed by atoms with van der Waals surface area (Å²) in [4.78, 5) is 25.8. The van der Waals surface area contributed by atoms with Gasteiger partial charge in [-0.25, -0.2) is 0 Å². The van der Waals surface area contributed by atoms with Crippen LogP contribution < -0.4 is 5.73 Å². The van der Waals surface area contributed by atoms with Crippen molar-refractivity contribution >= 4 is 29.2 Å². The van der Waals surface area contributed by atoms with Gasteiger partial charge in [0.15, 0.2) is 0 Å². The maximum atomic E-state index is 12.4. The lowest BCUT2D eigenvalue weighted by Gasteiger charge is -2.31. The number of piperidine rings is 1. The second-order valence-electron chi connectivity index (χ2n) is 5.03. The third-order valence-corrected chi connectivity index (χ3v) is 4.08. The fraction of sp³-hybridized carbons (Fsp3) is 0.467. The molecule has 0 aromatic heterocycles. The van der Waals surface area contributed by atoms with Crippen molar-refractivity contribution in [1.29, 1.82) is 0 Å². The molecule has 5 nitrogen and oxygen atoms in total. The zero-order valence-electron chi connectivity index (χ0n) is 12.0. The minimum absolute atomic E-state index is 0.120. The molecule has 0 spiro atoms. The molecule has 1 saturated heterocycles. The van der Waals surface area contributed by atoms with E-state index >= 15 is 0 Å². The highest BCUT2D eigenvalue weighted by molar-refractivity contribution is 6.36. The molecule has 0 radical (unpaired) electrons. The minimum atomic E-state index is -0.174. The van der Waals surface area contributed by atoms with Crippen LogP contribution >= 0.6 is 11.6 Å². The van der Waals surface area contributed by atoms with Crippen LogP contribution in [0.2, 0.25) is 5.02 Å². The van der Waals surface area contributed by atoms with Crippen LogP contribution in [0.25, 0.3) is 0 Å². The normalized spacial score (nSPS) is 15.8. The number of likely N-dealkylation sites (tertiary alicyclic amines) is 1. The summed E-state index contributed by atoms with van der Waals surface area (Å²) in [6, 6.07) is 5.03. The molecule has 1 aromatic rings. The maximum Gasteiger partial charge on any atom is 0.309 e. The third-order valence-electron chi connectivity index (χ3n) is 3.66. The molecule has 114 valence electrons. The van der Waals surface area contributed by atoms with Crippen molar-refractivity contribution in [3.05, 3.63) is 28.8 Å². The number of nitrogens with two attached hydrogens (primary N) is 1. The summed E-state index contributed by atoms with van der Waals surface area (Å²) < 4.78 is 5.02. The number of esters is 1. The number of benzene rings is 1. The van der Waals surface area contributed by atoms with E-state index in [-0.39, 0.29) is 22.8 Å². The summed E-state index contributed by atoms with van der Waals surface area (Å²) in [6.07, 6.45) is 1.23. The lowest BCUT2D eigenvalue weighted by atomic mass is 9.96. The first-order chi connectivity index (χ1) is 10.0. The Hall–Kier alpha value is -1.75. The molecule has 0 unspecified atom stereocenters. The topological polar surface area (TPSA) is 72.6 Å². The molecule has 1 aromatic carbocycles. The molecule has 21 heavy (non-hydrogen) atoms. The largest absolute Gasteiger partial charge is 0.466 e. The van der Waals surface area contributed by atoms with E-state index < -0.39 is 0 Å². The smallest absolute Gasteiger partial charge is 0.309 e. The second-order valence-corrected chi connectivity index (χ2v) is 5.41. The van der Waals surface area contributed by atoms with E-state index in [2.05, 4.69) is 0 Å². The first-order valence-corrected chi connectivity index (χ1v) is 7.42. The van der Waals surface area contributed by atoms with Crippen LogP contribution in [0.15, 0.2) is 18.2 Å². The van der Waals surface area contributed by atoms with Crippen molar-refractivity contribution in [2.24, 2.45) is 5.92 Å². The monoisotopic (exact) mass is 310 g/mol. The lowest BCUT2D eigenvalue weighted by Crippen LogP contribution is -2.40. The molecule has 1 aliphatic rings. The SMILES string of the molecule is CCOC(=O)C1CCN(C(=O)c2cccc(N)c2Cl)CC1. The molecule has 0 bridgehead atoms. The third kappa shape index (κ3) is 3.47. The second kappa shape index (κ2) is 6.80. The van der Waals surface area contributed by atoms with Crippen LogP contribution in [0.4, 0.5) is 5.69 Å². The predicted octanol–water partition coefficient (Wildman–Crippen LogP) is 2.34. The standard InChI is InChI=1S/C15H19ClN2O3/c1-2-21-15(20)10-6-8-18(9-7-10)14(19)11-4-3-5-12(17)13(11)16/h3-5,10H,2,6-9,17H2,1H3. The highest BCUT2D eigenvalue weighted by atomic mass is 35.5. The van der Waals surface area contributed by atoms with E-state index in [0.29, 0.717) is 43.8 Å². The number of halogens is 1. The van der Waals surface area contributed by atoms with E-state index in [1.54, 1.807) is 30.0 Å². The van der Waals surface area contributed by atoms with Crippen molar-refractivity contribution in [3.8, 4) is 0 Å². The lowest BCUT2D eigenvalue weighted by molar-refractivity contribution is -0.149. The van der Waals surface area contributed by atoms with Gasteiger partial charge in [0, 0.05) is 13.1 Å². The van der Waals surface area contributed by atoms with Crippen molar-refractivity contribution in [2.45, 2.75) is 19.8 Å². The summed E-state index contributed by atoms with van der Waals surface area (Å²) in [5.74, 6) is -0.438. The van der Waals surface area contributed by atoms with Gasteiger partial charge in [-0.3, -0.25) is 9.59 Å². The number of nitrogen functional groups attached to an aromatic ring is 1. The number of amides is 1. The van der Waals surface area contributed by atoms with Crippen molar-refractivity contribution in [3.63, 3.8) is 0 Å². The molecular formula is C15H19ClN2O3. The van der Waals surface area contributed by atoms with Gasteiger partial charge in [-0.15, -0.1) is 0 Å². The number of carbonyl (C=O) groups excluding carboxylic acids is 2. The Bertz CT molecular complexity index is 540. The molecule has 1 amide bonds. The van der Waals surface area contributed by atoms with E-state index in [1.165, 1.54) is 0 Å². The summed E-state index contributed by atoms with van der Waals surface area (Å²) in [7, 11) is 0. The zero-order valence-corrected chi connectivity index (χ0v) is 12.7. The molecule has 2 N–H and O–H groups in total. The van der Waals surface area contributed by atoms with Crippen molar-refractivity contribution in [2.75, 3.05) is 25.4 Å². The highest BCUT2D eigenvalue weighted by Gasteiger charge is 2.29. The Morgan fingerprint density at radius 1 is 1.38 bits per heavy atom. The van der Waals surface area contributed by atoms with Crippen LogP contribution in [0.3, 0.4) is 0 Å². The Kier molecular flexibility index (Phi) is 5.07. The molecule has 0 atom stereocenters. The van der Waals surface area contributed by atoms with Gasteiger partial charge in [0.05, 0.1) is 28.8 Å². The van der Waals surface area contributed by atoms with Gasteiger partial charge in [0.1, 0.15) is 0 Å². The van der Waals surface area contributed by atoms with Crippen LogP contribution in [-0.4, -0.2) is 36.5 Å². The fourth-order valence-corrected chi connectivity index (χ4v) is 2.67. The van der Waals surface area contributed by atoms with Crippen LogP contribution in [-0.2, 0) is 9.53 Å². The fourth-order valence-electron chi connectivity index (χ4n) is 2.46. The number of anilines is 1. The predicted molar refractivity (Wildman–Crippen MR) is 81.1 cm³/mol. The maximum absolute atomic E-state index is 12.4. The first-order valence-electron chi connectivity index (χ1n) is 7.04. The molecule has 6 heteroatoms. The van der Waals surface area contributed by atoms with Crippen molar-refractivity contribution < 1.29 is 14.3 Å². The van der Waals surface area contributed by atoms with Gasteiger partial charge < -0.3 is 15.4 Å². The Morgan fingerprint density at radius 3 is 2.67 bits per heavy atom. The number of rotatable bonds is 3. The Balaban J connectivity index is 2.00. The number of carbonyl (C=O) groups is 2. The van der Waals surface area contributed by atoms with Gasteiger partial charge in [-0.1, -0.05) is 17.7 Å². The first kappa shape index (κ1) is 15.6. The number of hydrogen-bond donors (Lipinski definition) is 1. The Morgan fingerprint density at radius 2 is 2.05 bits per heavy atom. The van der Waals surface area contributed by atoms with Crippen LogP contribution in [0, 0.1) is 5.92 Å². The molecule has 0 saturated carbocycles. The van der Waals surface area contributed by atoms with Gasteiger partial charge >= 0.3 is 5.97 Å². The van der Waals surface area contributed by atoms with E-state index in [0.717, 1.165) is 0 Å². The minimum Gasteiger partial charge on any atom is -0.466 e. The van der Waals surface area contributed by atoms with Gasteiger partial charge in [0.2, 0.25) is 0 Å². The average Bonchev–Trinajstić information content (AvgIpc) is 2.50. The van der Waals surface area contributed by atoms with E-state index in [1.807, 2.05) is 0 Å². The molecule has 1 heterocycles. The summed E-state index contributed by atoms with van der Waals surface area (Å²) in [5.41, 5.74) is 6.52. The van der Waals surface area contributed by atoms with Gasteiger partial charge in [0.25, 0.3) is 5.91 Å². The van der Waals surface area contributed by atoms with E-state index in [4.69, 9.17) is 22.1 Å². The quantitative estimate of drug-likeness (QED) is 0.687. The Labute approximate surface area is 129 Å². The molecule has 1 fully saturated rings. The van der Waals surface area contributed by atoms with Gasteiger partial charge in [-0.05, 0) is 31.9 Å². The van der Waals surface area contributed by atoms with Crippen molar-refractivity contribution in [1.82, 2.24) is 4.90 Å². The average molecular weight is 311 g/mol. The molecular weight excluding hydrogens is 292 g/mol. The summed E-state index contributed by atoms with van der Waals surface area (Å²) in [5, 5.41) is 0.287. The molecule has 1 aliphatic heterocycles.